The van der Waals surface area contributed by atoms with Crippen molar-refractivity contribution in [2.24, 2.45) is 12.5 Å². The first kappa shape index (κ1) is 15.8. The number of nitrogens with one attached hydrogen (secondary N) is 1. The van der Waals surface area contributed by atoms with E-state index < -0.39 is 0 Å². The number of carbonyl (C=O) groups excluding carboxylic acids is 1. The van der Waals surface area contributed by atoms with Crippen LogP contribution in [0.4, 0.5) is 0 Å². The molecule has 1 unspecified atom stereocenters. The molecule has 5 heteroatoms. The van der Waals surface area contributed by atoms with E-state index in [-0.39, 0.29) is 22.3 Å². The predicted octanol–water partition coefficient (Wildman–Crippen LogP) is 2.16. The quantitative estimate of drug-likeness (QED) is 0.862. The van der Waals surface area contributed by atoms with Crippen molar-refractivity contribution in [1.82, 2.24) is 9.88 Å². The second kappa shape index (κ2) is 6.24. The molecule has 0 aliphatic heterocycles. The molecule has 1 amide bonds. The van der Waals surface area contributed by atoms with Crippen molar-refractivity contribution in [3.63, 3.8) is 0 Å². The van der Waals surface area contributed by atoms with E-state index in [2.05, 4.69) is 26.1 Å². The highest BCUT2D eigenvalue weighted by atomic mass is 35.5. The minimum Gasteiger partial charge on any atom is -0.351 e. The lowest BCUT2D eigenvalue weighted by molar-refractivity contribution is 0.0951. The zero-order valence-corrected chi connectivity index (χ0v) is 12.6. The fourth-order valence-electron chi connectivity index (χ4n) is 1.73. The van der Waals surface area contributed by atoms with Gasteiger partial charge in [-0.15, -0.1) is 11.6 Å². The summed E-state index contributed by atoms with van der Waals surface area (Å²) in [6, 6.07) is 2.94. The minimum atomic E-state index is -0.266. The van der Waals surface area contributed by atoms with Gasteiger partial charge in [-0.05, 0) is 17.9 Å². The zero-order valence-electron chi connectivity index (χ0n) is 11.9. The van der Waals surface area contributed by atoms with Crippen molar-refractivity contribution in [3.8, 4) is 0 Å². The van der Waals surface area contributed by atoms with E-state index in [1.165, 1.54) is 10.6 Å². The summed E-state index contributed by atoms with van der Waals surface area (Å²) in [4.78, 5) is 23.3. The third-order valence-corrected chi connectivity index (χ3v) is 2.99. The number of hydrogen-bond donors (Lipinski definition) is 1. The highest BCUT2D eigenvalue weighted by molar-refractivity contribution is 6.21. The second-order valence-corrected chi connectivity index (χ2v) is 6.55. The zero-order chi connectivity index (χ0) is 14.6. The smallest absolute Gasteiger partial charge is 0.251 e. The molecule has 4 nitrogen and oxygen atoms in total. The molecule has 0 bridgehead atoms. The normalized spacial score (nSPS) is 13.1. The molecule has 0 aromatic carbocycles. The Morgan fingerprint density at radius 2 is 2.11 bits per heavy atom. The lowest BCUT2D eigenvalue weighted by Crippen LogP contribution is -2.32. The Hall–Kier alpha value is -1.29. The van der Waals surface area contributed by atoms with Gasteiger partial charge in [0.2, 0.25) is 0 Å². The van der Waals surface area contributed by atoms with E-state index in [4.69, 9.17) is 11.6 Å². The molecule has 0 aliphatic rings. The van der Waals surface area contributed by atoms with Crippen molar-refractivity contribution in [2.45, 2.75) is 32.6 Å². The summed E-state index contributed by atoms with van der Waals surface area (Å²) in [6.07, 6.45) is 2.38. The lowest BCUT2D eigenvalue weighted by Gasteiger charge is -2.21. The maximum atomic E-state index is 11.9. The Morgan fingerprint density at radius 1 is 1.47 bits per heavy atom. The number of pyridine rings is 1. The van der Waals surface area contributed by atoms with Crippen molar-refractivity contribution < 1.29 is 4.79 Å². The average Bonchev–Trinajstić information content (AvgIpc) is 2.27. The third kappa shape index (κ3) is 5.47. The standard InChI is InChI=1S/C14H21ClN2O2/c1-14(2,3)8-11(15)9-16-13(19)10-5-6-17(4)12(18)7-10/h5-7,11H,8-9H2,1-4H3,(H,16,19). The van der Waals surface area contributed by atoms with Gasteiger partial charge in [-0.25, -0.2) is 0 Å². The van der Waals surface area contributed by atoms with Crippen LogP contribution in [0.1, 0.15) is 37.6 Å². The summed E-state index contributed by atoms with van der Waals surface area (Å²) in [5, 5.41) is 2.63. The summed E-state index contributed by atoms with van der Waals surface area (Å²) >= 11 is 6.17. The number of amides is 1. The van der Waals surface area contributed by atoms with Gasteiger partial charge in [0, 0.05) is 31.4 Å². The molecule has 0 aliphatic carbocycles. The van der Waals surface area contributed by atoms with E-state index >= 15 is 0 Å². The van der Waals surface area contributed by atoms with Crippen molar-refractivity contribution >= 4 is 17.5 Å². The molecule has 1 heterocycles. The monoisotopic (exact) mass is 284 g/mol. The van der Waals surface area contributed by atoms with Gasteiger partial charge in [0.15, 0.2) is 0 Å². The first-order valence-electron chi connectivity index (χ1n) is 6.28. The molecular formula is C14H21ClN2O2. The van der Waals surface area contributed by atoms with Gasteiger partial charge >= 0.3 is 0 Å². The van der Waals surface area contributed by atoms with E-state index in [1.807, 2.05) is 0 Å². The number of alkyl halides is 1. The fraction of sp³-hybridized carbons (Fsp3) is 0.571. The SMILES string of the molecule is Cn1ccc(C(=O)NCC(Cl)CC(C)(C)C)cc1=O. The number of carbonyl (C=O) groups is 1. The summed E-state index contributed by atoms with van der Waals surface area (Å²) in [5.74, 6) is -0.266. The molecule has 19 heavy (non-hydrogen) atoms. The van der Waals surface area contributed by atoms with Crippen LogP contribution < -0.4 is 10.9 Å². The van der Waals surface area contributed by atoms with Crippen LogP contribution in [0, 0.1) is 5.41 Å². The Morgan fingerprint density at radius 3 is 2.63 bits per heavy atom. The van der Waals surface area contributed by atoms with Gasteiger partial charge in [0.1, 0.15) is 0 Å². The molecule has 0 saturated carbocycles. The Kier molecular flexibility index (Phi) is 5.18. The maximum Gasteiger partial charge on any atom is 0.251 e. The molecule has 0 radical (unpaired) electrons. The molecule has 106 valence electrons. The van der Waals surface area contributed by atoms with Gasteiger partial charge in [0.25, 0.3) is 11.5 Å². The average molecular weight is 285 g/mol. The number of nitrogens with zero attached hydrogens (tertiary/aromatic N) is 1. The van der Waals surface area contributed by atoms with Crippen LogP contribution in [0.2, 0.25) is 0 Å². The molecule has 1 rings (SSSR count). The molecule has 0 saturated heterocycles. The lowest BCUT2D eigenvalue weighted by atomic mass is 9.90. The third-order valence-electron chi connectivity index (χ3n) is 2.68. The number of aromatic nitrogens is 1. The summed E-state index contributed by atoms with van der Waals surface area (Å²) in [6.45, 7) is 6.70. The van der Waals surface area contributed by atoms with Crippen LogP contribution >= 0.6 is 11.6 Å². The van der Waals surface area contributed by atoms with Crippen LogP contribution in [-0.4, -0.2) is 22.4 Å². The molecule has 1 aromatic heterocycles. The number of rotatable bonds is 4. The van der Waals surface area contributed by atoms with Crippen molar-refractivity contribution in [2.75, 3.05) is 6.54 Å². The molecule has 1 atom stereocenters. The second-order valence-electron chi connectivity index (χ2n) is 5.94. The Labute approximate surface area is 118 Å². The Balaban J connectivity index is 2.56. The largest absolute Gasteiger partial charge is 0.351 e. The predicted molar refractivity (Wildman–Crippen MR) is 77.7 cm³/mol. The highest BCUT2D eigenvalue weighted by Crippen LogP contribution is 2.23. The van der Waals surface area contributed by atoms with E-state index in [0.29, 0.717) is 12.1 Å². The van der Waals surface area contributed by atoms with Crippen LogP contribution in [0.3, 0.4) is 0 Å². The van der Waals surface area contributed by atoms with Crippen LogP contribution in [0.25, 0.3) is 0 Å². The summed E-state index contributed by atoms with van der Waals surface area (Å²) in [5.41, 5.74) is 0.285. The van der Waals surface area contributed by atoms with Gasteiger partial charge in [-0.1, -0.05) is 20.8 Å². The van der Waals surface area contributed by atoms with Crippen molar-refractivity contribution in [1.29, 1.82) is 0 Å². The van der Waals surface area contributed by atoms with E-state index in [9.17, 15) is 9.59 Å². The minimum absolute atomic E-state index is 0.115. The van der Waals surface area contributed by atoms with Gasteiger partial charge in [-0.3, -0.25) is 9.59 Å². The molecule has 0 fully saturated rings. The van der Waals surface area contributed by atoms with Crippen LogP contribution in [0.5, 0.6) is 0 Å². The molecule has 1 N–H and O–H groups in total. The number of halogens is 1. The van der Waals surface area contributed by atoms with E-state index in [1.54, 1.807) is 19.3 Å². The Bertz CT molecular complexity index is 503. The summed E-state index contributed by atoms with van der Waals surface area (Å²) < 4.78 is 1.42. The molecule has 1 aromatic rings. The molecular weight excluding hydrogens is 264 g/mol. The summed E-state index contributed by atoms with van der Waals surface area (Å²) in [7, 11) is 1.64. The topological polar surface area (TPSA) is 51.1 Å². The van der Waals surface area contributed by atoms with Gasteiger partial charge in [-0.2, -0.15) is 0 Å². The highest BCUT2D eigenvalue weighted by Gasteiger charge is 2.17. The van der Waals surface area contributed by atoms with Gasteiger partial charge < -0.3 is 9.88 Å². The van der Waals surface area contributed by atoms with Crippen LogP contribution in [-0.2, 0) is 7.05 Å². The molecule has 0 spiro atoms. The first-order valence-corrected chi connectivity index (χ1v) is 6.71. The number of hydrogen-bond acceptors (Lipinski definition) is 2. The van der Waals surface area contributed by atoms with E-state index in [0.717, 1.165) is 6.42 Å². The number of aryl methyl sites for hydroxylation is 1. The van der Waals surface area contributed by atoms with Crippen molar-refractivity contribution in [3.05, 3.63) is 34.2 Å². The fourth-order valence-corrected chi connectivity index (χ4v) is 2.27. The maximum absolute atomic E-state index is 11.9. The van der Waals surface area contributed by atoms with Crippen LogP contribution in [0.15, 0.2) is 23.1 Å². The first-order chi connectivity index (χ1) is 8.69. The van der Waals surface area contributed by atoms with Gasteiger partial charge in [0.05, 0.1) is 5.38 Å².